The summed E-state index contributed by atoms with van der Waals surface area (Å²) >= 11 is 0. The number of nitrogens with zero attached hydrogens (tertiary/aromatic N) is 1. The number of carbonyl (C=O) groups is 2. The Kier molecular flexibility index (Phi) is 6.24. The number of aryl methyl sites for hydroxylation is 1. The van der Waals surface area contributed by atoms with Gasteiger partial charge in [0.1, 0.15) is 0 Å². The van der Waals surface area contributed by atoms with Crippen molar-refractivity contribution in [2.75, 3.05) is 30.4 Å². The first kappa shape index (κ1) is 19.1. The van der Waals surface area contributed by atoms with Crippen molar-refractivity contribution < 1.29 is 9.59 Å². The van der Waals surface area contributed by atoms with Crippen LogP contribution in [-0.2, 0) is 22.4 Å². The zero-order valence-electron chi connectivity index (χ0n) is 16.0. The van der Waals surface area contributed by atoms with Crippen molar-refractivity contribution in [1.29, 1.82) is 0 Å². The van der Waals surface area contributed by atoms with Gasteiger partial charge in [-0.25, -0.2) is 0 Å². The molecule has 2 aromatic carbocycles. The highest BCUT2D eigenvalue weighted by molar-refractivity contribution is 5.96. The molecule has 0 bridgehead atoms. The predicted octanol–water partition coefficient (Wildman–Crippen LogP) is 3.00. The van der Waals surface area contributed by atoms with Crippen molar-refractivity contribution in [2.24, 2.45) is 5.92 Å². The lowest BCUT2D eigenvalue weighted by atomic mass is 10.0. The number of hydrogen-bond acceptors (Lipinski definition) is 3. The maximum Gasteiger partial charge on any atom is 0.231 e. The minimum Gasteiger partial charge on any atom is -0.326 e. The summed E-state index contributed by atoms with van der Waals surface area (Å²) in [5, 5.41) is 5.91. The Morgan fingerprint density at radius 3 is 2.59 bits per heavy atom. The van der Waals surface area contributed by atoms with Gasteiger partial charge in [0.2, 0.25) is 11.8 Å². The van der Waals surface area contributed by atoms with Gasteiger partial charge in [-0.3, -0.25) is 9.59 Å². The van der Waals surface area contributed by atoms with E-state index in [0.29, 0.717) is 13.0 Å². The number of benzene rings is 2. The summed E-state index contributed by atoms with van der Waals surface area (Å²) in [6.45, 7) is 3.29. The third-order valence-electron chi connectivity index (χ3n) is 4.95. The molecular weight excluding hydrogens is 338 g/mol. The second kappa shape index (κ2) is 8.82. The molecule has 1 aliphatic heterocycles. The zero-order valence-corrected chi connectivity index (χ0v) is 16.0. The normalized spacial score (nSPS) is 14.4. The molecule has 2 aromatic rings. The smallest absolute Gasteiger partial charge is 0.231 e. The molecule has 3 rings (SSSR count). The van der Waals surface area contributed by atoms with Gasteiger partial charge in [0, 0.05) is 30.4 Å². The van der Waals surface area contributed by atoms with Gasteiger partial charge in [0.25, 0.3) is 0 Å². The molecule has 27 heavy (non-hydrogen) atoms. The molecule has 1 atom stereocenters. The van der Waals surface area contributed by atoms with E-state index in [1.807, 2.05) is 61.3 Å². The van der Waals surface area contributed by atoms with Crippen LogP contribution in [0.15, 0.2) is 48.5 Å². The summed E-state index contributed by atoms with van der Waals surface area (Å²) in [6.07, 6.45) is 2.39. The fourth-order valence-electron chi connectivity index (χ4n) is 3.43. The highest BCUT2D eigenvalue weighted by atomic mass is 16.2. The Labute approximate surface area is 160 Å². The number of anilines is 2. The van der Waals surface area contributed by atoms with Crippen molar-refractivity contribution in [3.05, 3.63) is 59.7 Å². The van der Waals surface area contributed by atoms with Gasteiger partial charge in [-0.1, -0.05) is 37.3 Å². The van der Waals surface area contributed by atoms with Crippen molar-refractivity contribution in [3.8, 4) is 0 Å². The van der Waals surface area contributed by atoms with Crippen molar-refractivity contribution in [2.45, 2.75) is 26.2 Å². The number of carbonyl (C=O) groups excluding carboxylic acids is 2. The predicted molar refractivity (Wildman–Crippen MR) is 109 cm³/mol. The highest BCUT2D eigenvalue weighted by Crippen LogP contribution is 2.27. The molecule has 0 aromatic heterocycles. The molecule has 5 nitrogen and oxygen atoms in total. The van der Waals surface area contributed by atoms with E-state index in [2.05, 4.69) is 16.7 Å². The van der Waals surface area contributed by atoms with Crippen LogP contribution in [0.3, 0.4) is 0 Å². The van der Waals surface area contributed by atoms with Crippen LogP contribution in [0.1, 0.15) is 24.5 Å². The minimum absolute atomic E-state index is 0.0156. The summed E-state index contributed by atoms with van der Waals surface area (Å²) in [4.78, 5) is 26.8. The van der Waals surface area contributed by atoms with E-state index in [0.717, 1.165) is 36.3 Å². The van der Waals surface area contributed by atoms with Crippen LogP contribution in [0.4, 0.5) is 11.4 Å². The number of nitrogens with one attached hydrogen (secondary N) is 2. The third kappa shape index (κ3) is 4.74. The lowest BCUT2D eigenvalue weighted by molar-refractivity contribution is -0.119. The van der Waals surface area contributed by atoms with Crippen LogP contribution < -0.4 is 15.5 Å². The zero-order chi connectivity index (χ0) is 19.2. The van der Waals surface area contributed by atoms with Gasteiger partial charge in [0.05, 0.1) is 6.42 Å². The summed E-state index contributed by atoms with van der Waals surface area (Å²) in [5.41, 5.74) is 3.98. The van der Waals surface area contributed by atoms with Crippen molar-refractivity contribution >= 4 is 23.2 Å². The van der Waals surface area contributed by atoms with E-state index in [1.165, 1.54) is 5.56 Å². The van der Waals surface area contributed by atoms with E-state index < -0.39 is 0 Å². The lowest BCUT2D eigenvalue weighted by Crippen LogP contribution is -2.36. The maximum absolute atomic E-state index is 12.8. The van der Waals surface area contributed by atoms with Crippen LogP contribution in [0.2, 0.25) is 0 Å². The van der Waals surface area contributed by atoms with Crippen molar-refractivity contribution in [1.82, 2.24) is 5.32 Å². The number of rotatable bonds is 6. The molecule has 2 amide bonds. The quantitative estimate of drug-likeness (QED) is 0.827. The Balaban J connectivity index is 1.62. The molecule has 1 heterocycles. The van der Waals surface area contributed by atoms with Gasteiger partial charge in [-0.15, -0.1) is 0 Å². The molecule has 1 aliphatic rings. The van der Waals surface area contributed by atoms with Crippen LogP contribution in [0.5, 0.6) is 0 Å². The van der Waals surface area contributed by atoms with Crippen molar-refractivity contribution in [3.63, 3.8) is 0 Å². The first-order valence-electron chi connectivity index (χ1n) is 9.51. The molecule has 5 heteroatoms. The molecule has 0 radical (unpaired) electrons. The summed E-state index contributed by atoms with van der Waals surface area (Å²) < 4.78 is 0. The van der Waals surface area contributed by atoms with E-state index in [4.69, 9.17) is 0 Å². The molecule has 2 N–H and O–H groups in total. The molecule has 1 unspecified atom stereocenters. The summed E-state index contributed by atoms with van der Waals surface area (Å²) in [7, 11) is 1.83. The number of hydrogen-bond donors (Lipinski definition) is 2. The fourth-order valence-corrected chi connectivity index (χ4v) is 3.43. The Morgan fingerprint density at radius 2 is 1.85 bits per heavy atom. The molecule has 0 fully saturated rings. The largest absolute Gasteiger partial charge is 0.326 e. The highest BCUT2D eigenvalue weighted by Gasteiger charge is 2.22. The number of amides is 2. The second-order valence-corrected chi connectivity index (χ2v) is 7.10. The van der Waals surface area contributed by atoms with Crippen LogP contribution in [0.25, 0.3) is 0 Å². The number of para-hydroxylation sites is 1. The molecular formula is C22H27N3O2. The summed E-state index contributed by atoms with van der Waals surface area (Å²) in [5.74, 6) is -0.00454. The van der Waals surface area contributed by atoms with E-state index in [9.17, 15) is 9.59 Å². The maximum atomic E-state index is 12.8. The average molecular weight is 365 g/mol. The lowest BCUT2D eigenvalue weighted by Gasteiger charge is -2.29. The van der Waals surface area contributed by atoms with E-state index in [-0.39, 0.29) is 17.7 Å². The van der Waals surface area contributed by atoms with Gasteiger partial charge in [-0.2, -0.15) is 0 Å². The second-order valence-electron chi connectivity index (χ2n) is 7.10. The standard InChI is InChI=1S/C22H27N3O2/c1-16(15-23-2)22(27)24-19-11-9-17(10-12-19)14-21(26)25-13-5-7-18-6-3-4-8-20(18)25/h3-4,6,8-12,16,23H,5,7,13-15H2,1-2H3,(H,24,27). The SMILES string of the molecule is CNCC(C)C(=O)Nc1ccc(CC(=O)N2CCCc3ccccc32)cc1. The minimum atomic E-state index is -0.101. The monoisotopic (exact) mass is 365 g/mol. The van der Waals surface area contributed by atoms with Gasteiger partial charge in [0.15, 0.2) is 0 Å². The molecule has 142 valence electrons. The number of fused-ring (bicyclic) bond motifs is 1. The molecule has 0 aliphatic carbocycles. The van der Waals surface area contributed by atoms with E-state index in [1.54, 1.807) is 0 Å². The topological polar surface area (TPSA) is 61.4 Å². The molecule has 0 spiro atoms. The third-order valence-corrected chi connectivity index (χ3v) is 4.95. The fraction of sp³-hybridized carbons (Fsp3) is 0.364. The van der Waals surface area contributed by atoms with Crippen LogP contribution >= 0.6 is 0 Å². The van der Waals surface area contributed by atoms with Crippen LogP contribution in [-0.4, -0.2) is 32.0 Å². The van der Waals surface area contributed by atoms with Gasteiger partial charge < -0.3 is 15.5 Å². The molecule has 0 saturated carbocycles. The summed E-state index contributed by atoms with van der Waals surface area (Å²) in [6, 6.07) is 15.7. The van der Waals surface area contributed by atoms with E-state index >= 15 is 0 Å². The molecule has 0 saturated heterocycles. The Morgan fingerprint density at radius 1 is 1.11 bits per heavy atom. The first-order chi connectivity index (χ1) is 13.1. The van der Waals surface area contributed by atoms with Gasteiger partial charge >= 0.3 is 0 Å². The Hall–Kier alpha value is -2.66. The average Bonchev–Trinajstić information content (AvgIpc) is 2.69. The van der Waals surface area contributed by atoms with Crippen LogP contribution in [0, 0.1) is 5.92 Å². The first-order valence-corrected chi connectivity index (χ1v) is 9.51. The van der Waals surface area contributed by atoms with Gasteiger partial charge in [-0.05, 0) is 49.2 Å². The Bertz CT molecular complexity index is 801.